The van der Waals surface area contributed by atoms with Crippen LogP contribution in [0.5, 0.6) is 0 Å². The number of aromatic nitrogens is 2. The molecule has 0 amide bonds. The molecule has 2 aromatic rings. The lowest BCUT2D eigenvalue weighted by Gasteiger charge is -2.31. The van der Waals surface area contributed by atoms with Crippen molar-refractivity contribution in [3.8, 4) is 0 Å². The summed E-state index contributed by atoms with van der Waals surface area (Å²) in [7, 11) is -3.38. The quantitative estimate of drug-likeness (QED) is 0.854. The van der Waals surface area contributed by atoms with Crippen LogP contribution in [0.25, 0.3) is 0 Å². The van der Waals surface area contributed by atoms with E-state index in [1.807, 2.05) is 39.2 Å². The van der Waals surface area contributed by atoms with Gasteiger partial charge >= 0.3 is 0 Å². The van der Waals surface area contributed by atoms with Crippen LogP contribution in [-0.2, 0) is 16.6 Å². The molecular formula is C18H25N3O2S. The second-order valence-corrected chi connectivity index (χ2v) is 8.66. The highest BCUT2D eigenvalue weighted by atomic mass is 32.2. The summed E-state index contributed by atoms with van der Waals surface area (Å²) in [5.74, 6) is 1.52. The van der Waals surface area contributed by atoms with E-state index in [2.05, 4.69) is 9.55 Å². The summed E-state index contributed by atoms with van der Waals surface area (Å²) in [4.78, 5) is 4.66. The summed E-state index contributed by atoms with van der Waals surface area (Å²) in [6, 6.07) is 5.39. The van der Waals surface area contributed by atoms with Crippen molar-refractivity contribution in [2.24, 2.45) is 5.92 Å². The third kappa shape index (κ3) is 3.39. The maximum absolute atomic E-state index is 12.8. The summed E-state index contributed by atoms with van der Waals surface area (Å²) in [5, 5.41) is 0. The molecule has 1 aliphatic heterocycles. The first-order valence-electron chi connectivity index (χ1n) is 8.43. The summed E-state index contributed by atoms with van der Waals surface area (Å²) in [5.41, 5.74) is 2.13. The molecule has 0 unspecified atom stereocenters. The fourth-order valence-electron chi connectivity index (χ4n) is 3.23. The molecule has 3 rings (SSSR count). The second-order valence-electron chi connectivity index (χ2n) is 6.72. The Kier molecular flexibility index (Phi) is 4.78. The molecule has 1 saturated heterocycles. The van der Waals surface area contributed by atoms with E-state index in [1.165, 1.54) is 0 Å². The van der Waals surface area contributed by atoms with Crippen LogP contribution >= 0.6 is 0 Å². The lowest BCUT2D eigenvalue weighted by Crippen LogP contribution is -2.39. The Balaban J connectivity index is 1.67. The standard InChI is InChI=1S/C18H25N3O2S/c1-14-4-5-18(12-15(14)2)24(22,23)21-9-6-17(7-10-21)13-20-11-8-19-16(20)3/h4-5,8,11-12,17H,6-7,9-10,13H2,1-3H3. The molecule has 0 N–H and O–H groups in total. The number of rotatable bonds is 4. The van der Waals surface area contributed by atoms with Crippen molar-refractivity contribution >= 4 is 10.0 Å². The van der Waals surface area contributed by atoms with Gasteiger partial charge in [0.2, 0.25) is 10.0 Å². The van der Waals surface area contributed by atoms with Crippen molar-refractivity contribution in [1.82, 2.24) is 13.9 Å². The van der Waals surface area contributed by atoms with Gasteiger partial charge in [-0.2, -0.15) is 4.31 Å². The van der Waals surface area contributed by atoms with Gasteiger partial charge in [0.05, 0.1) is 4.90 Å². The van der Waals surface area contributed by atoms with Crippen molar-refractivity contribution in [2.75, 3.05) is 13.1 Å². The van der Waals surface area contributed by atoms with Crippen molar-refractivity contribution in [1.29, 1.82) is 0 Å². The van der Waals surface area contributed by atoms with Gasteiger partial charge in [0, 0.05) is 32.0 Å². The van der Waals surface area contributed by atoms with Crippen molar-refractivity contribution in [2.45, 2.75) is 45.1 Å². The highest BCUT2D eigenvalue weighted by Gasteiger charge is 2.29. The van der Waals surface area contributed by atoms with Crippen LogP contribution in [0.4, 0.5) is 0 Å². The molecule has 6 heteroatoms. The number of hydrogen-bond acceptors (Lipinski definition) is 3. The van der Waals surface area contributed by atoms with Crippen molar-refractivity contribution < 1.29 is 8.42 Å². The number of sulfonamides is 1. The summed E-state index contributed by atoms with van der Waals surface area (Å²) >= 11 is 0. The first-order chi connectivity index (χ1) is 11.4. The predicted octanol–water partition coefficient (Wildman–Crippen LogP) is 2.91. The highest BCUT2D eigenvalue weighted by molar-refractivity contribution is 7.89. The van der Waals surface area contributed by atoms with Gasteiger partial charge in [0.25, 0.3) is 0 Å². The van der Waals surface area contributed by atoms with Crippen LogP contribution in [0.2, 0.25) is 0 Å². The van der Waals surface area contributed by atoms with Crippen LogP contribution in [0.3, 0.4) is 0 Å². The molecule has 0 saturated carbocycles. The topological polar surface area (TPSA) is 55.2 Å². The Hall–Kier alpha value is -1.66. The SMILES string of the molecule is Cc1ccc(S(=O)(=O)N2CCC(Cn3ccnc3C)CC2)cc1C. The lowest BCUT2D eigenvalue weighted by molar-refractivity contribution is 0.252. The second kappa shape index (κ2) is 6.69. The predicted molar refractivity (Wildman–Crippen MR) is 94.4 cm³/mol. The fraction of sp³-hybridized carbons (Fsp3) is 0.500. The molecular weight excluding hydrogens is 322 g/mol. The number of aryl methyl sites for hydroxylation is 3. The summed E-state index contributed by atoms with van der Waals surface area (Å²) in [6.45, 7) is 8.05. The molecule has 0 bridgehead atoms. The first kappa shape index (κ1) is 17.2. The molecule has 130 valence electrons. The first-order valence-corrected chi connectivity index (χ1v) is 9.87. The van der Waals surface area contributed by atoms with Crippen LogP contribution in [0, 0.1) is 26.7 Å². The van der Waals surface area contributed by atoms with E-state index >= 15 is 0 Å². The minimum atomic E-state index is -3.38. The molecule has 1 aliphatic rings. The van der Waals surface area contributed by atoms with Gasteiger partial charge in [-0.3, -0.25) is 0 Å². The molecule has 1 fully saturated rings. The third-order valence-corrected chi connectivity index (χ3v) is 6.96. The Morgan fingerprint density at radius 3 is 2.42 bits per heavy atom. The van der Waals surface area contributed by atoms with Crippen LogP contribution in [0.1, 0.15) is 29.8 Å². The monoisotopic (exact) mass is 347 g/mol. The summed E-state index contributed by atoms with van der Waals surface area (Å²) < 4.78 is 29.5. The molecule has 5 nitrogen and oxygen atoms in total. The van der Waals surface area contributed by atoms with Gasteiger partial charge in [0.1, 0.15) is 5.82 Å². The molecule has 1 aromatic carbocycles. The zero-order valence-corrected chi connectivity index (χ0v) is 15.4. The molecule has 2 heterocycles. The molecule has 0 radical (unpaired) electrons. The van der Waals surface area contributed by atoms with Crippen LogP contribution in [0.15, 0.2) is 35.5 Å². The van der Waals surface area contributed by atoms with E-state index in [4.69, 9.17) is 0 Å². The van der Waals surface area contributed by atoms with Crippen molar-refractivity contribution in [3.63, 3.8) is 0 Å². The number of imidazole rings is 1. The van der Waals surface area contributed by atoms with E-state index < -0.39 is 10.0 Å². The van der Waals surface area contributed by atoms with Gasteiger partial charge < -0.3 is 4.57 Å². The molecule has 0 spiro atoms. The smallest absolute Gasteiger partial charge is 0.243 e. The lowest BCUT2D eigenvalue weighted by atomic mass is 9.98. The fourth-order valence-corrected chi connectivity index (χ4v) is 4.79. The van der Waals surface area contributed by atoms with Crippen molar-refractivity contribution in [3.05, 3.63) is 47.5 Å². The zero-order valence-electron chi connectivity index (χ0n) is 14.6. The Bertz CT molecular complexity index is 819. The maximum atomic E-state index is 12.8. The van der Waals surface area contributed by atoms with E-state index in [0.29, 0.717) is 23.9 Å². The number of piperidine rings is 1. The minimum absolute atomic E-state index is 0.412. The highest BCUT2D eigenvalue weighted by Crippen LogP contribution is 2.26. The average Bonchev–Trinajstić information content (AvgIpc) is 2.95. The van der Waals surface area contributed by atoms with E-state index in [-0.39, 0.29) is 0 Å². The molecule has 0 atom stereocenters. The molecule has 1 aromatic heterocycles. The van der Waals surface area contributed by atoms with Gasteiger partial charge in [-0.15, -0.1) is 0 Å². The molecule has 24 heavy (non-hydrogen) atoms. The largest absolute Gasteiger partial charge is 0.335 e. The Morgan fingerprint density at radius 1 is 1.12 bits per heavy atom. The number of benzene rings is 1. The summed E-state index contributed by atoms with van der Waals surface area (Å²) in [6.07, 6.45) is 5.59. The van der Waals surface area contributed by atoms with Gasteiger partial charge in [0.15, 0.2) is 0 Å². The third-order valence-electron chi connectivity index (χ3n) is 5.07. The Labute approximate surface area is 144 Å². The molecule has 0 aliphatic carbocycles. The van der Waals surface area contributed by atoms with Gasteiger partial charge in [-0.1, -0.05) is 6.07 Å². The van der Waals surface area contributed by atoms with E-state index in [0.717, 1.165) is 36.3 Å². The number of hydrogen-bond donors (Lipinski definition) is 0. The van der Waals surface area contributed by atoms with Crippen LogP contribution in [-0.4, -0.2) is 35.4 Å². The Morgan fingerprint density at radius 2 is 1.83 bits per heavy atom. The average molecular weight is 347 g/mol. The van der Waals surface area contributed by atoms with Gasteiger partial charge in [-0.25, -0.2) is 13.4 Å². The number of nitrogens with zero attached hydrogens (tertiary/aromatic N) is 3. The normalized spacial score (nSPS) is 17.3. The van der Waals surface area contributed by atoms with Gasteiger partial charge in [-0.05, 0) is 62.8 Å². The minimum Gasteiger partial charge on any atom is -0.335 e. The van der Waals surface area contributed by atoms with Crippen LogP contribution < -0.4 is 0 Å². The van der Waals surface area contributed by atoms with E-state index in [1.54, 1.807) is 16.4 Å². The van der Waals surface area contributed by atoms with E-state index in [9.17, 15) is 8.42 Å². The zero-order chi connectivity index (χ0) is 17.3. The maximum Gasteiger partial charge on any atom is 0.243 e.